The van der Waals surface area contributed by atoms with E-state index in [1.807, 2.05) is 38.1 Å². The van der Waals surface area contributed by atoms with Crippen LogP contribution >= 0.6 is 0 Å². The first-order valence-electron chi connectivity index (χ1n) is 6.04. The lowest BCUT2D eigenvalue weighted by atomic mass is 10.2. The van der Waals surface area contributed by atoms with Crippen LogP contribution in [0, 0.1) is 0 Å². The van der Waals surface area contributed by atoms with E-state index in [1.165, 1.54) is 6.92 Å². The van der Waals surface area contributed by atoms with Crippen LogP contribution in [0.25, 0.3) is 11.0 Å². The molecular weight excluding hydrogens is 230 g/mol. The minimum atomic E-state index is -0.149. The van der Waals surface area contributed by atoms with Crippen molar-refractivity contribution in [3.8, 4) is 5.75 Å². The molecule has 0 fully saturated rings. The summed E-state index contributed by atoms with van der Waals surface area (Å²) in [4.78, 5) is 11.0. The molecule has 0 saturated heterocycles. The number of carbonyl (C=O) groups excluding carboxylic acids is 1. The monoisotopic (exact) mass is 247 g/mol. The molecule has 1 heterocycles. The third-order valence-corrected chi connectivity index (χ3v) is 2.67. The van der Waals surface area contributed by atoms with E-state index in [1.54, 1.807) is 0 Å². The average Bonchev–Trinajstić information content (AvgIpc) is 2.73. The molecule has 4 nitrogen and oxygen atoms in total. The molecule has 1 amide bonds. The van der Waals surface area contributed by atoms with Gasteiger partial charge in [-0.2, -0.15) is 0 Å². The van der Waals surface area contributed by atoms with Crippen molar-refractivity contribution in [2.24, 2.45) is 0 Å². The second-order valence-electron chi connectivity index (χ2n) is 4.18. The summed E-state index contributed by atoms with van der Waals surface area (Å²) in [5.74, 6) is 1.39. The van der Waals surface area contributed by atoms with Crippen molar-refractivity contribution < 1.29 is 13.9 Å². The number of hydrogen-bond acceptors (Lipinski definition) is 3. The highest BCUT2D eigenvalue weighted by Crippen LogP contribution is 2.31. The number of para-hydroxylation sites is 1. The number of hydrogen-bond donors (Lipinski definition) is 1. The fourth-order valence-electron chi connectivity index (χ4n) is 1.91. The predicted molar refractivity (Wildman–Crippen MR) is 69.6 cm³/mol. The molecule has 96 valence electrons. The molecule has 0 aliphatic rings. The Morgan fingerprint density at radius 3 is 2.94 bits per heavy atom. The summed E-state index contributed by atoms with van der Waals surface area (Å²) in [6, 6.07) is 7.55. The first-order valence-corrected chi connectivity index (χ1v) is 6.04. The largest absolute Gasteiger partial charge is 0.490 e. The highest BCUT2D eigenvalue weighted by atomic mass is 16.5. The van der Waals surface area contributed by atoms with Gasteiger partial charge < -0.3 is 14.5 Å². The summed E-state index contributed by atoms with van der Waals surface area (Å²) in [5.41, 5.74) is 0.728. The quantitative estimate of drug-likeness (QED) is 0.903. The molecule has 0 spiro atoms. The van der Waals surface area contributed by atoms with Crippen LogP contribution in [-0.2, 0) is 4.79 Å². The maximum absolute atomic E-state index is 11.0. The standard InChI is InChI=1S/C14H17NO3/c1-4-17-12-7-5-6-11-8-13(18-14(11)12)9(2)15-10(3)16/h5-9H,4H2,1-3H3,(H,15,16). The van der Waals surface area contributed by atoms with Gasteiger partial charge in [0.05, 0.1) is 12.6 Å². The predicted octanol–water partition coefficient (Wildman–Crippen LogP) is 3.03. The Morgan fingerprint density at radius 1 is 1.50 bits per heavy atom. The van der Waals surface area contributed by atoms with Crippen LogP contribution in [0.5, 0.6) is 5.75 Å². The van der Waals surface area contributed by atoms with Gasteiger partial charge in [0.2, 0.25) is 5.91 Å². The molecule has 18 heavy (non-hydrogen) atoms. The Labute approximate surface area is 106 Å². The van der Waals surface area contributed by atoms with Crippen LogP contribution in [0.4, 0.5) is 0 Å². The van der Waals surface area contributed by atoms with Crippen molar-refractivity contribution >= 4 is 16.9 Å². The zero-order valence-electron chi connectivity index (χ0n) is 10.8. The molecule has 1 atom stereocenters. The van der Waals surface area contributed by atoms with E-state index in [2.05, 4.69) is 5.32 Å². The van der Waals surface area contributed by atoms with Gasteiger partial charge in [0.25, 0.3) is 0 Å². The van der Waals surface area contributed by atoms with Gasteiger partial charge in [-0.3, -0.25) is 4.79 Å². The van der Waals surface area contributed by atoms with Crippen LogP contribution < -0.4 is 10.1 Å². The normalized spacial score (nSPS) is 12.4. The lowest BCUT2D eigenvalue weighted by molar-refractivity contribution is -0.119. The van der Waals surface area contributed by atoms with Gasteiger partial charge in [-0.1, -0.05) is 12.1 Å². The van der Waals surface area contributed by atoms with E-state index < -0.39 is 0 Å². The van der Waals surface area contributed by atoms with Crippen molar-refractivity contribution in [3.63, 3.8) is 0 Å². The smallest absolute Gasteiger partial charge is 0.217 e. The zero-order chi connectivity index (χ0) is 13.1. The third-order valence-electron chi connectivity index (χ3n) is 2.67. The number of rotatable bonds is 4. The molecule has 0 aliphatic heterocycles. The SMILES string of the molecule is CCOc1cccc2cc(C(C)NC(C)=O)oc12. The van der Waals surface area contributed by atoms with E-state index in [0.717, 1.165) is 22.5 Å². The fourth-order valence-corrected chi connectivity index (χ4v) is 1.91. The first-order chi connectivity index (χ1) is 8.61. The Kier molecular flexibility index (Phi) is 3.55. The van der Waals surface area contributed by atoms with Crippen molar-refractivity contribution in [1.82, 2.24) is 5.32 Å². The van der Waals surface area contributed by atoms with Gasteiger partial charge in [0.1, 0.15) is 5.76 Å². The molecule has 0 aliphatic carbocycles. The number of carbonyl (C=O) groups is 1. The van der Waals surface area contributed by atoms with Gasteiger partial charge in [-0.05, 0) is 26.0 Å². The second-order valence-corrected chi connectivity index (χ2v) is 4.18. The van der Waals surface area contributed by atoms with E-state index >= 15 is 0 Å². The van der Waals surface area contributed by atoms with Crippen LogP contribution in [0.2, 0.25) is 0 Å². The zero-order valence-corrected chi connectivity index (χ0v) is 10.8. The second kappa shape index (κ2) is 5.12. The molecule has 0 radical (unpaired) electrons. The summed E-state index contributed by atoms with van der Waals surface area (Å²) in [7, 11) is 0. The van der Waals surface area contributed by atoms with Gasteiger partial charge in [-0.25, -0.2) is 0 Å². The van der Waals surface area contributed by atoms with E-state index in [-0.39, 0.29) is 11.9 Å². The average molecular weight is 247 g/mol. The Hall–Kier alpha value is -1.97. The number of amides is 1. The lowest BCUT2D eigenvalue weighted by Gasteiger charge is -2.08. The Bertz CT molecular complexity index is 559. The third kappa shape index (κ3) is 2.47. The number of furan rings is 1. The number of nitrogens with one attached hydrogen (secondary N) is 1. The number of benzene rings is 1. The minimum Gasteiger partial charge on any atom is -0.490 e. The topological polar surface area (TPSA) is 51.5 Å². The van der Waals surface area contributed by atoms with Crippen LogP contribution in [0.1, 0.15) is 32.6 Å². The summed E-state index contributed by atoms with van der Waals surface area (Å²) in [5, 5.41) is 3.78. The van der Waals surface area contributed by atoms with Crippen LogP contribution in [0.3, 0.4) is 0 Å². The van der Waals surface area contributed by atoms with E-state index in [0.29, 0.717) is 6.61 Å². The van der Waals surface area contributed by atoms with Gasteiger partial charge in [0.15, 0.2) is 11.3 Å². The van der Waals surface area contributed by atoms with Gasteiger partial charge in [0, 0.05) is 12.3 Å². The van der Waals surface area contributed by atoms with Crippen LogP contribution in [0.15, 0.2) is 28.7 Å². The molecule has 2 aromatic rings. The molecule has 1 N–H and O–H groups in total. The molecular formula is C14H17NO3. The molecule has 1 aromatic heterocycles. The minimum absolute atomic E-state index is 0.0759. The number of ether oxygens (including phenoxy) is 1. The van der Waals surface area contributed by atoms with Crippen molar-refractivity contribution in [2.45, 2.75) is 26.8 Å². The Balaban J connectivity index is 2.37. The Morgan fingerprint density at radius 2 is 2.28 bits per heavy atom. The first kappa shape index (κ1) is 12.5. The van der Waals surface area contributed by atoms with E-state index in [9.17, 15) is 4.79 Å². The molecule has 0 bridgehead atoms. The number of fused-ring (bicyclic) bond motifs is 1. The highest BCUT2D eigenvalue weighted by Gasteiger charge is 2.14. The van der Waals surface area contributed by atoms with Crippen molar-refractivity contribution in [2.75, 3.05) is 6.61 Å². The molecule has 0 saturated carbocycles. The summed E-state index contributed by atoms with van der Waals surface area (Å²) < 4.78 is 11.3. The molecule has 2 rings (SSSR count). The maximum Gasteiger partial charge on any atom is 0.217 e. The fraction of sp³-hybridized carbons (Fsp3) is 0.357. The van der Waals surface area contributed by atoms with Crippen molar-refractivity contribution in [1.29, 1.82) is 0 Å². The molecule has 1 unspecified atom stereocenters. The van der Waals surface area contributed by atoms with Crippen molar-refractivity contribution in [3.05, 3.63) is 30.0 Å². The highest BCUT2D eigenvalue weighted by molar-refractivity contribution is 5.84. The van der Waals surface area contributed by atoms with E-state index in [4.69, 9.17) is 9.15 Å². The van der Waals surface area contributed by atoms with Gasteiger partial charge in [-0.15, -0.1) is 0 Å². The molecule has 1 aromatic carbocycles. The van der Waals surface area contributed by atoms with Gasteiger partial charge >= 0.3 is 0 Å². The molecule has 4 heteroatoms. The maximum atomic E-state index is 11.0. The summed E-state index contributed by atoms with van der Waals surface area (Å²) >= 11 is 0. The van der Waals surface area contributed by atoms with Crippen LogP contribution in [-0.4, -0.2) is 12.5 Å². The summed E-state index contributed by atoms with van der Waals surface area (Å²) in [6.07, 6.45) is 0. The lowest BCUT2D eigenvalue weighted by Crippen LogP contribution is -2.23. The summed E-state index contributed by atoms with van der Waals surface area (Å²) in [6.45, 7) is 5.91.